The van der Waals surface area contributed by atoms with Crippen LogP contribution in [0.4, 0.5) is 26.1 Å². The minimum Gasteiger partial charge on any atom is -0.461 e. The molecule has 51 heavy (non-hydrogen) atoms. The number of nitrogens with zero attached hydrogens (tertiary/aromatic N) is 7. The number of pyridine rings is 1. The zero-order valence-corrected chi connectivity index (χ0v) is 29.1. The van der Waals surface area contributed by atoms with Crippen LogP contribution in [0.25, 0.3) is 6.08 Å². The van der Waals surface area contributed by atoms with E-state index in [-0.39, 0.29) is 49.6 Å². The second-order valence-corrected chi connectivity index (χ2v) is 14.2. The number of alkyl halides is 1. The summed E-state index contributed by atoms with van der Waals surface area (Å²) in [6, 6.07) is 8.73. The lowest BCUT2D eigenvalue weighted by Gasteiger charge is -2.38. The number of halogens is 2. The number of benzene rings is 1. The molecule has 3 aromatic rings. The van der Waals surface area contributed by atoms with Crippen molar-refractivity contribution >= 4 is 29.3 Å². The summed E-state index contributed by atoms with van der Waals surface area (Å²) in [5.74, 6) is 3.31. The number of anilines is 3. The number of hydrogen-bond acceptors (Lipinski definition) is 9. The normalized spacial score (nSPS) is 24.0. The number of fused-ring (bicyclic) bond motifs is 2. The zero-order valence-electron chi connectivity index (χ0n) is 29.1. The number of aliphatic hydroxyl groups excluding tert-OH is 1. The largest absolute Gasteiger partial charge is 0.461 e. The number of allylic oxidation sites excluding steroid dienone is 1. The Bertz CT molecular complexity index is 1900. The first kappa shape index (κ1) is 34.4. The first-order valence-corrected chi connectivity index (χ1v) is 17.5. The van der Waals surface area contributed by atoms with Crippen LogP contribution in [0.3, 0.4) is 0 Å². The summed E-state index contributed by atoms with van der Waals surface area (Å²) in [5, 5.41) is 10.8. The van der Waals surface area contributed by atoms with E-state index in [0.29, 0.717) is 55.4 Å². The molecule has 0 unspecified atom stereocenters. The number of likely N-dealkylation sites (N-methyl/N-ethyl adjacent to an activating group) is 1. The van der Waals surface area contributed by atoms with Gasteiger partial charge in [0.2, 0.25) is 5.91 Å². The molecular formula is C39H43F2N7O3. The first-order chi connectivity index (χ1) is 24.6. The number of ether oxygens (including phenoxy) is 1. The summed E-state index contributed by atoms with van der Waals surface area (Å²) < 4.78 is 36.3. The van der Waals surface area contributed by atoms with Crippen molar-refractivity contribution in [3.8, 4) is 18.4 Å². The lowest BCUT2D eigenvalue weighted by molar-refractivity contribution is -0.126. The van der Waals surface area contributed by atoms with Gasteiger partial charge in [-0.15, -0.1) is 6.42 Å². The highest BCUT2D eigenvalue weighted by atomic mass is 19.1. The minimum absolute atomic E-state index is 0.0144. The molecule has 2 saturated heterocycles. The number of β-amino-alcohol motifs (C(OH)–C–C–N with tert-alkyl or cyclic N) is 1. The van der Waals surface area contributed by atoms with Crippen molar-refractivity contribution in [2.45, 2.75) is 69.3 Å². The molecular weight excluding hydrogens is 652 g/mol. The van der Waals surface area contributed by atoms with E-state index in [2.05, 4.69) is 17.5 Å². The Morgan fingerprint density at radius 2 is 2.10 bits per heavy atom. The molecule has 1 N–H and O–H groups in total. The smallest absolute Gasteiger partial charge is 0.319 e. The van der Waals surface area contributed by atoms with Crippen molar-refractivity contribution in [3.63, 3.8) is 0 Å². The molecule has 1 aliphatic carbocycles. The summed E-state index contributed by atoms with van der Waals surface area (Å²) in [5.41, 5.74) is 3.22. The third kappa shape index (κ3) is 6.63. The lowest BCUT2D eigenvalue weighted by atomic mass is 9.92. The number of aromatic nitrogens is 3. The number of carbonyl (C=O) groups excluding carboxylic acids is 1. The van der Waals surface area contributed by atoms with Gasteiger partial charge >= 0.3 is 6.01 Å². The molecule has 1 aromatic carbocycles. The molecule has 2 aromatic heterocycles. The molecule has 10 nitrogen and oxygen atoms in total. The number of rotatable bonds is 9. The van der Waals surface area contributed by atoms with Crippen LogP contribution in [0.5, 0.6) is 6.01 Å². The van der Waals surface area contributed by atoms with E-state index in [0.717, 1.165) is 29.7 Å². The summed E-state index contributed by atoms with van der Waals surface area (Å²) in [7, 11) is 1.95. The first-order valence-electron chi connectivity index (χ1n) is 17.5. The van der Waals surface area contributed by atoms with Gasteiger partial charge in [-0.1, -0.05) is 24.6 Å². The van der Waals surface area contributed by atoms with Gasteiger partial charge in [0, 0.05) is 63.0 Å². The van der Waals surface area contributed by atoms with Gasteiger partial charge in [0.25, 0.3) is 0 Å². The Morgan fingerprint density at radius 3 is 2.86 bits per heavy atom. The average molecular weight is 696 g/mol. The third-order valence-electron chi connectivity index (χ3n) is 10.6. The van der Waals surface area contributed by atoms with E-state index in [1.54, 1.807) is 12.3 Å². The van der Waals surface area contributed by atoms with Gasteiger partial charge in [0.15, 0.2) is 0 Å². The summed E-state index contributed by atoms with van der Waals surface area (Å²) >= 11 is 0. The molecule has 2 fully saturated rings. The van der Waals surface area contributed by atoms with Crippen molar-refractivity contribution < 1.29 is 23.4 Å². The summed E-state index contributed by atoms with van der Waals surface area (Å²) in [6.07, 6.45) is 12.6. The number of aliphatic hydroxyl groups is 1. The molecule has 4 atom stereocenters. The maximum Gasteiger partial charge on any atom is 0.319 e. The van der Waals surface area contributed by atoms with Crippen LogP contribution in [0.15, 0.2) is 54.9 Å². The van der Waals surface area contributed by atoms with Gasteiger partial charge in [-0.3, -0.25) is 4.79 Å². The average Bonchev–Trinajstić information content (AvgIpc) is 3.72. The fourth-order valence-electron chi connectivity index (χ4n) is 8.15. The van der Waals surface area contributed by atoms with Gasteiger partial charge in [0.1, 0.15) is 30.2 Å². The summed E-state index contributed by atoms with van der Waals surface area (Å²) in [4.78, 5) is 34.7. The van der Waals surface area contributed by atoms with Gasteiger partial charge in [-0.2, -0.15) is 9.97 Å². The van der Waals surface area contributed by atoms with Gasteiger partial charge in [0.05, 0.1) is 35.1 Å². The predicted molar refractivity (Wildman–Crippen MR) is 193 cm³/mol. The van der Waals surface area contributed by atoms with Crippen LogP contribution in [-0.2, 0) is 17.6 Å². The Kier molecular flexibility index (Phi) is 9.42. The van der Waals surface area contributed by atoms with Crippen LogP contribution < -0.4 is 19.4 Å². The highest BCUT2D eigenvalue weighted by Gasteiger charge is 2.44. The molecule has 5 heterocycles. The van der Waals surface area contributed by atoms with E-state index < -0.39 is 23.6 Å². The number of likely N-dealkylation sites (tertiary alicyclic amines) is 1. The topological polar surface area (TPSA) is 98.2 Å². The lowest BCUT2D eigenvalue weighted by Crippen LogP contribution is -2.46. The molecule has 7 rings (SSSR count). The van der Waals surface area contributed by atoms with Crippen molar-refractivity contribution in [3.05, 3.63) is 83.1 Å². The SMILES string of the molecule is C#Cc1c(F)ccc2c1N(C1=Cc3nc(OC[C@]4(C)C[C@@H](F)CN4c4ccccn4)nc(N(C)C[C@@H]4CCCN4C(=O)C=C)c3CC1)C[C@H](O)C2. The van der Waals surface area contributed by atoms with Crippen molar-refractivity contribution in [1.29, 1.82) is 0 Å². The second kappa shape index (κ2) is 13.9. The second-order valence-electron chi connectivity index (χ2n) is 14.2. The highest BCUT2D eigenvalue weighted by molar-refractivity contribution is 5.87. The number of hydrogen-bond donors (Lipinski definition) is 1. The Morgan fingerprint density at radius 1 is 1.25 bits per heavy atom. The maximum atomic E-state index is 15.0. The fourth-order valence-corrected chi connectivity index (χ4v) is 8.15. The van der Waals surface area contributed by atoms with Crippen molar-refractivity contribution in [1.82, 2.24) is 19.9 Å². The Balaban J connectivity index is 1.25. The van der Waals surface area contributed by atoms with Crippen LogP contribution in [0, 0.1) is 18.2 Å². The minimum atomic E-state index is -1.05. The van der Waals surface area contributed by atoms with E-state index in [4.69, 9.17) is 21.1 Å². The van der Waals surface area contributed by atoms with Crippen LogP contribution in [-0.4, -0.2) is 94.6 Å². The van der Waals surface area contributed by atoms with Crippen molar-refractivity contribution in [2.24, 2.45) is 0 Å². The quantitative estimate of drug-likeness (QED) is 0.253. The highest BCUT2D eigenvalue weighted by Crippen LogP contribution is 2.40. The predicted octanol–water partition coefficient (Wildman–Crippen LogP) is 4.70. The van der Waals surface area contributed by atoms with E-state index >= 15 is 0 Å². The zero-order chi connectivity index (χ0) is 35.9. The monoisotopic (exact) mass is 695 g/mol. The van der Waals surface area contributed by atoms with Crippen molar-refractivity contribution in [2.75, 3.05) is 54.5 Å². The molecule has 266 valence electrons. The third-order valence-corrected chi connectivity index (χ3v) is 10.6. The van der Waals surface area contributed by atoms with Gasteiger partial charge in [-0.05, 0) is 68.5 Å². The van der Waals surface area contributed by atoms with Gasteiger partial charge in [-0.25, -0.2) is 13.8 Å². The summed E-state index contributed by atoms with van der Waals surface area (Å²) in [6.45, 7) is 7.44. The number of carbonyl (C=O) groups is 1. The van der Waals surface area contributed by atoms with Crippen LogP contribution in [0.1, 0.15) is 55.0 Å². The molecule has 4 aliphatic rings. The van der Waals surface area contributed by atoms with E-state index in [1.807, 2.05) is 57.8 Å². The molecule has 0 spiro atoms. The standard InChI is InChI=1S/C39H43F2N7O3/c1-5-30-32(41)15-12-25-18-29(49)23-47(36(25)30)27-13-14-31-33(19-27)43-38(44-37(31)45(4)22-28-10-9-17-46(28)35(50)6-2)51-24-39(3)20-26(40)21-48(39)34-11-7-8-16-42-34/h1,6-8,11-12,15-16,19,26,28-29,49H,2,9-10,13-14,17-18,20-24H2,3-4H3/t26-,28+,29-,39+/m1/s1. The maximum absolute atomic E-state index is 15.0. The molecule has 3 aliphatic heterocycles. The molecule has 1 amide bonds. The van der Waals surface area contributed by atoms with Gasteiger partial charge < -0.3 is 29.4 Å². The fraction of sp³-hybridized carbons (Fsp3) is 0.436. The molecule has 0 bridgehead atoms. The Labute approximate surface area is 297 Å². The Hall–Kier alpha value is -5.02. The molecule has 12 heteroatoms. The van der Waals surface area contributed by atoms with Crippen LogP contribution in [0.2, 0.25) is 0 Å². The number of terminal acetylenes is 1. The number of amides is 1. The molecule has 0 saturated carbocycles. The molecule has 0 radical (unpaired) electrons. The van der Waals surface area contributed by atoms with E-state index in [1.165, 1.54) is 12.1 Å². The van der Waals surface area contributed by atoms with E-state index in [9.17, 15) is 18.7 Å². The van der Waals surface area contributed by atoms with Crippen LogP contribution >= 0.6 is 0 Å².